The lowest BCUT2D eigenvalue weighted by atomic mass is 10.1. The van der Waals surface area contributed by atoms with Gasteiger partial charge < -0.3 is 9.15 Å². The molecule has 0 atom stereocenters. The quantitative estimate of drug-likeness (QED) is 0.613. The molecule has 134 valence electrons. The number of ether oxygens (including phenoxy) is 1. The number of benzene rings is 1. The number of aryl methyl sites for hydroxylation is 3. The number of hydrogen-bond acceptors (Lipinski definition) is 5. The Labute approximate surface area is 153 Å². The number of hydrogen-bond donors (Lipinski definition) is 0. The Kier molecular flexibility index (Phi) is 5.92. The number of ketones is 1. The van der Waals surface area contributed by atoms with E-state index in [1.165, 1.54) is 5.56 Å². The van der Waals surface area contributed by atoms with Crippen LogP contribution in [0, 0.1) is 13.8 Å². The topological polar surface area (TPSA) is 65.2 Å². The van der Waals surface area contributed by atoms with E-state index in [-0.39, 0.29) is 19.0 Å². The first-order chi connectivity index (χ1) is 12.6. The monoisotopic (exact) mass is 350 g/mol. The van der Waals surface area contributed by atoms with Gasteiger partial charge in [0.25, 0.3) is 0 Å². The molecule has 2 heterocycles. The van der Waals surface area contributed by atoms with Crippen LogP contribution in [0.15, 0.2) is 53.2 Å². The molecule has 0 bridgehead atoms. The van der Waals surface area contributed by atoms with Gasteiger partial charge in [0, 0.05) is 24.4 Å². The Morgan fingerprint density at radius 3 is 2.69 bits per heavy atom. The predicted octanol–water partition coefficient (Wildman–Crippen LogP) is 4.07. The zero-order chi connectivity index (χ0) is 18.4. The highest BCUT2D eigenvalue weighted by Gasteiger charge is 2.12. The van der Waals surface area contributed by atoms with E-state index in [2.05, 4.69) is 9.97 Å². The van der Waals surface area contributed by atoms with Gasteiger partial charge in [0.2, 0.25) is 5.89 Å². The van der Waals surface area contributed by atoms with Crippen molar-refractivity contribution in [2.75, 3.05) is 6.61 Å². The lowest BCUT2D eigenvalue weighted by Crippen LogP contribution is -2.10. The zero-order valence-corrected chi connectivity index (χ0v) is 15.1. The summed E-state index contributed by atoms with van der Waals surface area (Å²) in [6, 6.07) is 11.8. The molecule has 5 nitrogen and oxygen atoms in total. The van der Waals surface area contributed by atoms with Crippen molar-refractivity contribution < 1.29 is 13.9 Å². The van der Waals surface area contributed by atoms with Crippen LogP contribution in [0.2, 0.25) is 0 Å². The minimum atomic E-state index is 0.0637. The molecule has 3 aromatic rings. The molecule has 26 heavy (non-hydrogen) atoms. The Morgan fingerprint density at radius 1 is 1.15 bits per heavy atom. The Morgan fingerprint density at radius 2 is 1.96 bits per heavy atom. The van der Waals surface area contributed by atoms with E-state index in [9.17, 15) is 4.79 Å². The fourth-order valence-corrected chi connectivity index (χ4v) is 2.55. The molecule has 2 aromatic heterocycles. The number of carbonyl (C=O) groups excluding carboxylic acids is 1. The highest BCUT2D eigenvalue weighted by atomic mass is 16.5. The average Bonchev–Trinajstić information content (AvgIpc) is 3.02. The molecule has 0 saturated heterocycles. The van der Waals surface area contributed by atoms with Crippen LogP contribution < -0.4 is 0 Å². The molecule has 5 heteroatoms. The first-order valence-electron chi connectivity index (χ1n) is 8.63. The van der Waals surface area contributed by atoms with Crippen LogP contribution in [-0.2, 0) is 22.6 Å². The lowest BCUT2D eigenvalue weighted by Gasteiger charge is -2.02. The maximum Gasteiger partial charge on any atom is 0.226 e. The van der Waals surface area contributed by atoms with E-state index in [0.29, 0.717) is 24.5 Å². The van der Waals surface area contributed by atoms with Crippen LogP contribution >= 0.6 is 0 Å². The summed E-state index contributed by atoms with van der Waals surface area (Å²) in [6.07, 6.45) is 4.62. The molecule has 0 aliphatic heterocycles. The van der Waals surface area contributed by atoms with E-state index in [4.69, 9.17) is 9.15 Å². The van der Waals surface area contributed by atoms with Crippen molar-refractivity contribution in [2.45, 2.75) is 33.3 Å². The fourth-order valence-electron chi connectivity index (χ4n) is 2.55. The second kappa shape index (κ2) is 8.54. The van der Waals surface area contributed by atoms with Crippen molar-refractivity contribution >= 4 is 5.78 Å². The van der Waals surface area contributed by atoms with Crippen molar-refractivity contribution in [1.82, 2.24) is 9.97 Å². The molecule has 3 rings (SSSR count). The number of aromatic nitrogens is 2. The highest BCUT2D eigenvalue weighted by molar-refractivity contribution is 5.79. The van der Waals surface area contributed by atoms with Crippen molar-refractivity contribution in [1.29, 1.82) is 0 Å². The summed E-state index contributed by atoms with van der Waals surface area (Å²) in [5.41, 5.74) is 3.89. The fraction of sp³-hybridized carbons (Fsp3) is 0.286. The molecule has 0 aliphatic rings. The summed E-state index contributed by atoms with van der Waals surface area (Å²) in [6.45, 7) is 4.23. The molecule has 0 fully saturated rings. The zero-order valence-electron chi connectivity index (χ0n) is 15.1. The molecule has 0 N–H and O–H groups in total. The van der Waals surface area contributed by atoms with Crippen molar-refractivity contribution in [2.24, 2.45) is 0 Å². The summed E-state index contributed by atoms with van der Waals surface area (Å²) in [4.78, 5) is 20.5. The number of Topliss-reactive ketones (excluding diaryl/α,β-unsaturated/α-hetero) is 1. The average molecular weight is 350 g/mol. The third kappa shape index (κ3) is 4.86. The second-order valence-electron chi connectivity index (χ2n) is 6.28. The summed E-state index contributed by atoms with van der Waals surface area (Å²) in [5, 5.41) is 0. The van der Waals surface area contributed by atoms with Gasteiger partial charge in [-0.2, -0.15) is 0 Å². The summed E-state index contributed by atoms with van der Waals surface area (Å²) >= 11 is 0. The number of nitrogens with zero attached hydrogens (tertiary/aromatic N) is 2. The van der Waals surface area contributed by atoms with Gasteiger partial charge in [-0.05, 0) is 44.0 Å². The number of oxazole rings is 1. The van der Waals surface area contributed by atoms with Crippen LogP contribution in [-0.4, -0.2) is 22.4 Å². The van der Waals surface area contributed by atoms with E-state index in [1.807, 2.05) is 50.2 Å². The van der Waals surface area contributed by atoms with Crippen LogP contribution in [0.5, 0.6) is 0 Å². The van der Waals surface area contributed by atoms with Crippen molar-refractivity contribution in [3.63, 3.8) is 0 Å². The van der Waals surface area contributed by atoms with Gasteiger partial charge in [-0.3, -0.25) is 9.78 Å². The summed E-state index contributed by atoms with van der Waals surface area (Å²) < 4.78 is 11.3. The molecule has 0 amide bonds. The van der Waals surface area contributed by atoms with Crippen LogP contribution in [0.3, 0.4) is 0 Å². The Hall–Kier alpha value is -2.79. The van der Waals surface area contributed by atoms with Gasteiger partial charge in [-0.15, -0.1) is 0 Å². The Balaban J connectivity index is 1.49. The third-order valence-electron chi connectivity index (χ3n) is 4.11. The number of pyridine rings is 1. The molecule has 0 radical (unpaired) electrons. The van der Waals surface area contributed by atoms with Gasteiger partial charge in [0.05, 0.1) is 6.61 Å². The van der Waals surface area contributed by atoms with E-state index >= 15 is 0 Å². The first kappa shape index (κ1) is 18.0. The van der Waals surface area contributed by atoms with Gasteiger partial charge in [-0.25, -0.2) is 4.98 Å². The minimum Gasteiger partial charge on any atom is -0.441 e. The Bertz CT molecular complexity index is 855. The second-order valence-corrected chi connectivity index (χ2v) is 6.28. The maximum atomic E-state index is 12.0. The van der Waals surface area contributed by atoms with Crippen LogP contribution in [0.4, 0.5) is 0 Å². The summed E-state index contributed by atoms with van der Waals surface area (Å²) in [7, 11) is 0. The smallest absolute Gasteiger partial charge is 0.226 e. The molecule has 0 saturated carbocycles. The van der Waals surface area contributed by atoms with Gasteiger partial charge >= 0.3 is 0 Å². The number of rotatable bonds is 8. The van der Waals surface area contributed by atoms with E-state index in [1.54, 1.807) is 12.4 Å². The predicted molar refractivity (Wildman–Crippen MR) is 98.6 cm³/mol. The molecule has 0 spiro atoms. The van der Waals surface area contributed by atoms with Crippen molar-refractivity contribution in [3.05, 3.63) is 71.4 Å². The first-order valence-corrected chi connectivity index (χ1v) is 8.63. The molecular weight excluding hydrogens is 328 g/mol. The van der Waals surface area contributed by atoms with E-state index in [0.717, 1.165) is 16.8 Å². The van der Waals surface area contributed by atoms with Crippen LogP contribution in [0.25, 0.3) is 11.5 Å². The number of carbonyl (C=O) groups is 1. The molecular formula is C21H22N2O3. The molecule has 0 aliphatic carbocycles. The van der Waals surface area contributed by atoms with E-state index < -0.39 is 0 Å². The largest absolute Gasteiger partial charge is 0.441 e. The van der Waals surface area contributed by atoms with Gasteiger partial charge in [-0.1, -0.05) is 23.8 Å². The SMILES string of the molecule is Cc1ccc(-c2nc(COCC(=O)CCc3cccnc3)c(C)o2)cc1. The summed E-state index contributed by atoms with van der Waals surface area (Å²) in [5.74, 6) is 1.35. The standard InChI is InChI=1S/C21H22N2O3/c1-15-5-8-18(9-6-15)21-23-20(16(2)26-21)14-25-13-19(24)10-7-17-4-3-11-22-12-17/h3-6,8-9,11-12H,7,10,13-14H2,1-2H3. The maximum absolute atomic E-state index is 12.0. The lowest BCUT2D eigenvalue weighted by molar-refractivity contribution is -0.124. The van der Waals surface area contributed by atoms with Gasteiger partial charge in [0.15, 0.2) is 5.78 Å². The van der Waals surface area contributed by atoms with Crippen molar-refractivity contribution in [3.8, 4) is 11.5 Å². The van der Waals surface area contributed by atoms with Crippen LogP contribution in [0.1, 0.15) is 29.0 Å². The normalized spacial score (nSPS) is 10.8. The molecule has 1 aromatic carbocycles. The third-order valence-corrected chi connectivity index (χ3v) is 4.11. The molecule has 0 unspecified atom stereocenters. The van der Waals surface area contributed by atoms with Gasteiger partial charge in [0.1, 0.15) is 18.1 Å². The minimum absolute atomic E-state index is 0.0637. The highest BCUT2D eigenvalue weighted by Crippen LogP contribution is 2.22.